The molecule has 0 spiro atoms. The summed E-state index contributed by atoms with van der Waals surface area (Å²) in [7, 11) is 0. The van der Waals surface area contributed by atoms with E-state index in [1.54, 1.807) is 6.08 Å². The summed E-state index contributed by atoms with van der Waals surface area (Å²) in [6, 6.07) is -0.914. The number of hydrogen-bond donors (Lipinski definition) is 9. The number of carbonyl (C=O) groups excluding carboxylic acids is 1. The Kier molecular flexibility index (Phi) is 42.6. The molecule has 434 valence electrons. The summed E-state index contributed by atoms with van der Waals surface area (Å²) in [6.45, 7) is 2.80. The third-order valence-corrected chi connectivity index (χ3v) is 14.8. The zero-order valence-corrected chi connectivity index (χ0v) is 46.6. The van der Waals surface area contributed by atoms with Crippen LogP contribution < -0.4 is 5.32 Å². The van der Waals surface area contributed by atoms with Crippen molar-refractivity contribution in [1.29, 1.82) is 0 Å². The lowest BCUT2D eigenvalue weighted by Crippen LogP contribution is -2.65. The predicted octanol–water partition coefficient (Wildman–Crippen LogP) is 10.2. The predicted molar refractivity (Wildman–Crippen MR) is 295 cm³/mol. The SMILES string of the molecule is CCCCCCC/C=C\C/C=C\CCCCCCCCCCCCCCCC(=O)NC(COC1OC(CO)C(OC2OC(CO)C(O)C(O)C2O)C(O)C1O)C(O)/C=C/CCCCCCCCCCCCCCC. The molecule has 14 nitrogen and oxygen atoms in total. The van der Waals surface area contributed by atoms with Crippen LogP contribution in [0.3, 0.4) is 0 Å². The molecule has 0 aromatic rings. The maximum absolute atomic E-state index is 13.3. The number of rotatable bonds is 48. The van der Waals surface area contributed by atoms with Gasteiger partial charge in [0.05, 0.1) is 32.0 Å². The highest BCUT2D eigenvalue weighted by atomic mass is 16.7. The number of allylic oxidation sites excluding steroid dienone is 5. The first-order chi connectivity index (χ1) is 36.1. The number of hydrogen-bond acceptors (Lipinski definition) is 13. The second kappa shape index (κ2) is 46.2. The Labute approximate surface area is 449 Å². The standard InChI is InChI=1S/C60H111NO13/c1-3-5-7-9-11-13-15-17-19-20-21-22-23-24-25-26-27-28-30-32-34-36-38-40-42-44-52(65)61-48(49(64)43-41-39-37-35-33-31-29-18-16-14-12-10-8-6-4-2)47-71-59-57(70)55(68)58(51(46-63)73-59)74-60-56(69)54(67)53(66)50(45-62)72-60/h15,17,20-21,41,43,48-51,53-60,62-64,66-70H,3-14,16,18-19,22-40,42,44-47H2,1-2H3,(H,61,65)/b17-15-,21-20-,43-41+. The van der Waals surface area contributed by atoms with E-state index < -0.39 is 86.8 Å². The van der Waals surface area contributed by atoms with Gasteiger partial charge >= 0.3 is 0 Å². The van der Waals surface area contributed by atoms with Crippen LogP contribution in [0.5, 0.6) is 0 Å². The fourth-order valence-electron chi connectivity index (χ4n) is 9.91. The van der Waals surface area contributed by atoms with Crippen LogP contribution in [0.2, 0.25) is 0 Å². The molecule has 9 N–H and O–H groups in total. The summed E-state index contributed by atoms with van der Waals surface area (Å²) in [5.41, 5.74) is 0. The highest BCUT2D eigenvalue weighted by molar-refractivity contribution is 5.76. The second-order valence-corrected chi connectivity index (χ2v) is 21.5. The maximum atomic E-state index is 13.3. The summed E-state index contributed by atoms with van der Waals surface area (Å²) < 4.78 is 22.8. The Balaban J connectivity index is 1.73. The molecule has 2 rings (SSSR count). The zero-order chi connectivity index (χ0) is 53.9. The van der Waals surface area contributed by atoms with Crippen molar-refractivity contribution in [3.05, 3.63) is 36.5 Å². The molecule has 14 heteroatoms. The minimum Gasteiger partial charge on any atom is -0.394 e. The fourth-order valence-corrected chi connectivity index (χ4v) is 9.91. The van der Waals surface area contributed by atoms with Crippen molar-refractivity contribution in [3.63, 3.8) is 0 Å². The molecule has 2 fully saturated rings. The van der Waals surface area contributed by atoms with Gasteiger partial charge in [-0.3, -0.25) is 4.79 Å². The highest BCUT2D eigenvalue weighted by Gasteiger charge is 2.51. The van der Waals surface area contributed by atoms with Gasteiger partial charge in [0.25, 0.3) is 0 Å². The molecule has 0 aliphatic carbocycles. The van der Waals surface area contributed by atoms with Crippen LogP contribution in [0.25, 0.3) is 0 Å². The van der Waals surface area contributed by atoms with Gasteiger partial charge in [-0.15, -0.1) is 0 Å². The topological polar surface area (TPSA) is 228 Å². The molecule has 2 aliphatic rings. The number of aliphatic hydroxyl groups is 8. The van der Waals surface area contributed by atoms with E-state index >= 15 is 0 Å². The van der Waals surface area contributed by atoms with Gasteiger partial charge in [-0.05, 0) is 51.4 Å². The smallest absolute Gasteiger partial charge is 0.220 e. The Bertz CT molecular complexity index is 1380. The molecule has 0 aromatic heterocycles. The van der Waals surface area contributed by atoms with Crippen molar-refractivity contribution in [2.75, 3.05) is 19.8 Å². The van der Waals surface area contributed by atoms with Gasteiger partial charge in [0, 0.05) is 6.42 Å². The van der Waals surface area contributed by atoms with Crippen LogP contribution in [0.4, 0.5) is 0 Å². The van der Waals surface area contributed by atoms with Crippen LogP contribution in [0.15, 0.2) is 36.5 Å². The van der Waals surface area contributed by atoms with Crippen molar-refractivity contribution in [2.45, 2.75) is 319 Å². The van der Waals surface area contributed by atoms with Gasteiger partial charge in [0.1, 0.15) is 48.8 Å². The molecule has 1 amide bonds. The first-order valence-corrected chi connectivity index (χ1v) is 30.2. The molecule has 0 aromatic carbocycles. The normalized spacial score (nSPS) is 25.4. The summed E-state index contributed by atoms with van der Waals surface area (Å²) in [5, 5.41) is 87.1. The van der Waals surface area contributed by atoms with Crippen LogP contribution >= 0.6 is 0 Å². The minimum absolute atomic E-state index is 0.239. The van der Waals surface area contributed by atoms with Gasteiger partial charge in [0.15, 0.2) is 12.6 Å². The quantitative estimate of drug-likeness (QED) is 0.0204. The summed E-state index contributed by atoms with van der Waals surface area (Å²) in [5.74, 6) is -0.239. The molecule has 2 aliphatic heterocycles. The van der Waals surface area contributed by atoms with Gasteiger partial charge in [-0.25, -0.2) is 0 Å². The van der Waals surface area contributed by atoms with Crippen LogP contribution in [0, 0.1) is 0 Å². The van der Waals surface area contributed by atoms with Crippen LogP contribution in [-0.4, -0.2) is 140 Å². The third-order valence-electron chi connectivity index (χ3n) is 14.8. The average molecular weight is 1050 g/mol. The van der Waals surface area contributed by atoms with Gasteiger partial charge < -0.3 is 65.1 Å². The first-order valence-electron chi connectivity index (χ1n) is 30.2. The molecule has 2 heterocycles. The molecule has 0 bridgehead atoms. The number of nitrogens with one attached hydrogen (secondary N) is 1. The molecule has 12 unspecified atom stereocenters. The van der Waals surface area contributed by atoms with E-state index in [1.165, 1.54) is 173 Å². The van der Waals surface area contributed by atoms with Gasteiger partial charge in [-0.2, -0.15) is 0 Å². The lowest BCUT2D eigenvalue weighted by atomic mass is 9.97. The third kappa shape index (κ3) is 31.6. The summed E-state index contributed by atoms with van der Waals surface area (Å²) >= 11 is 0. The Morgan fingerprint density at radius 1 is 0.486 bits per heavy atom. The number of ether oxygens (including phenoxy) is 4. The van der Waals surface area contributed by atoms with E-state index in [2.05, 4.69) is 43.5 Å². The van der Waals surface area contributed by atoms with Crippen molar-refractivity contribution in [2.24, 2.45) is 0 Å². The van der Waals surface area contributed by atoms with E-state index in [4.69, 9.17) is 18.9 Å². The Morgan fingerprint density at radius 2 is 0.892 bits per heavy atom. The average Bonchev–Trinajstić information content (AvgIpc) is 3.40. The molecule has 0 radical (unpaired) electrons. The van der Waals surface area contributed by atoms with E-state index in [0.717, 1.165) is 44.9 Å². The van der Waals surface area contributed by atoms with E-state index in [9.17, 15) is 45.6 Å². The number of unbranched alkanes of at least 4 members (excludes halogenated alkanes) is 31. The van der Waals surface area contributed by atoms with Crippen molar-refractivity contribution < 1.29 is 64.6 Å². The highest BCUT2D eigenvalue weighted by Crippen LogP contribution is 2.30. The Hall–Kier alpha value is -1.79. The molecular formula is C60H111NO13. The van der Waals surface area contributed by atoms with E-state index in [-0.39, 0.29) is 18.9 Å². The maximum Gasteiger partial charge on any atom is 0.220 e. The van der Waals surface area contributed by atoms with Crippen molar-refractivity contribution in [1.82, 2.24) is 5.32 Å². The van der Waals surface area contributed by atoms with Gasteiger partial charge in [0.2, 0.25) is 5.91 Å². The molecule has 2 saturated heterocycles. The van der Waals surface area contributed by atoms with E-state index in [1.807, 2.05) is 6.08 Å². The van der Waals surface area contributed by atoms with Crippen molar-refractivity contribution >= 4 is 5.91 Å². The summed E-state index contributed by atoms with van der Waals surface area (Å²) in [6.07, 6.45) is 38.9. The number of aliphatic hydroxyl groups excluding tert-OH is 8. The van der Waals surface area contributed by atoms with Crippen molar-refractivity contribution in [3.8, 4) is 0 Å². The molecule has 0 saturated carbocycles. The second-order valence-electron chi connectivity index (χ2n) is 21.5. The number of amides is 1. The lowest BCUT2D eigenvalue weighted by Gasteiger charge is -2.46. The molecule has 74 heavy (non-hydrogen) atoms. The largest absolute Gasteiger partial charge is 0.394 e. The molecule has 12 atom stereocenters. The first kappa shape index (κ1) is 68.3. The van der Waals surface area contributed by atoms with E-state index in [0.29, 0.717) is 6.42 Å². The monoisotopic (exact) mass is 1050 g/mol. The molecular weight excluding hydrogens is 943 g/mol. The summed E-state index contributed by atoms with van der Waals surface area (Å²) in [4.78, 5) is 13.3. The van der Waals surface area contributed by atoms with Crippen LogP contribution in [-0.2, 0) is 23.7 Å². The zero-order valence-electron chi connectivity index (χ0n) is 46.6. The lowest BCUT2D eigenvalue weighted by molar-refractivity contribution is -0.359. The fraction of sp³-hybridized carbons (Fsp3) is 0.883. The Morgan fingerprint density at radius 3 is 1.35 bits per heavy atom. The minimum atomic E-state index is -1.79. The van der Waals surface area contributed by atoms with Gasteiger partial charge in [-0.1, -0.05) is 224 Å². The number of carbonyl (C=O) groups is 1. The van der Waals surface area contributed by atoms with Crippen LogP contribution in [0.1, 0.15) is 245 Å².